The lowest BCUT2D eigenvalue weighted by molar-refractivity contribution is -0.383. The van der Waals surface area contributed by atoms with Gasteiger partial charge in [0, 0.05) is 41.2 Å². The minimum absolute atomic E-state index is 0.0851. The second-order valence-electron chi connectivity index (χ2n) is 7.86. The van der Waals surface area contributed by atoms with Gasteiger partial charge in [-0.15, -0.1) is 0 Å². The topological polar surface area (TPSA) is 119 Å². The monoisotopic (exact) mass is 474 g/mol. The van der Waals surface area contributed by atoms with E-state index in [0.29, 0.717) is 11.5 Å². The third kappa shape index (κ3) is 5.03. The van der Waals surface area contributed by atoms with E-state index in [1.807, 2.05) is 48.7 Å². The number of carbonyl (C=O) groups is 1. The fraction of sp³-hybridized carbons (Fsp3) is 0.192. The van der Waals surface area contributed by atoms with Gasteiger partial charge in [-0.3, -0.25) is 14.9 Å². The van der Waals surface area contributed by atoms with Crippen LogP contribution in [0.4, 0.5) is 11.4 Å². The van der Waals surface area contributed by atoms with Gasteiger partial charge < -0.3 is 25.1 Å². The molecule has 180 valence electrons. The lowest BCUT2D eigenvalue weighted by Crippen LogP contribution is -2.33. The molecule has 0 aliphatic rings. The van der Waals surface area contributed by atoms with E-state index in [0.717, 1.165) is 22.0 Å². The largest absolute Gasteiger partial charge is 0.493 e. The number of fused-ring (bicyclic) bond motifs is 1. The van der Waals surface area contributed by atoms with Crippen molar-refractivity contribution in [3.8, 4) is 11.5 Å². The maximum absolute atomic E-state index is 12.7. The van der Waals surface area contributed by atoms with Gasteiger partial charge >= 0.3 is 0 Å². The van der Waals surface area contributed by atoms with Gasteiger partial charge in [-0.25, -0.2) is 0 Å². The predicted molar refractivity (Wildman–Crippen MR) is 134 cm³/mol. The molecule has 0 fully saturated rings. The second kappa shape index (κ2) is 10.6. The van der Waals surface area contributed by atoms with Crippen molar-refractivity contribution >= 4 is 28.2 Å². The van der Waals surface area contributed by atoms with E-state index in [9.17, 15) is 14.9 Å². The molecule has 1 atom stereocenters. The number of nitro groups is 1. The summed E-state index contributed by atoms with van der Waals surface area (Å²) in [5, 5.41) is 18.1. The zero-order valence-electron chi connectivity index (χ0n) is 19.4. The predicted octanol–water partition coefficient (Wildman–Crippen LogP) is 4.45. The summed E-state index contributed by atoms with van der Waals surface area (Å²) in [7, 11) is 3.17. The molecule has 0 aliphatic heterocycles. The zero-order valence-corrected chi connectivity index (χ0v) is 19.4. The summed E-state index contributed by atoms with van der Waals surface area (Å²) in [6, 6.07) is 19.8. The van der Waals surface area contributed by atoms with Crippen molar-refractivity contribution in [2.24, 2.45) is 0 Å². The van der Waals surface area contributed by atoms with E-state index in [1.54, 1.807) is 32.4 Å². The maximum atomic E-state index is 12.7. The second-order valence-corrected chi connectivity index (χ2v) is 7.86. The van der Waals surface area contributed by atoms with Crippen LogP contribution < -0.4 is 20.1 Å². The smallest absolute Gasteiger partial charge is 0.292 e. The first-order valence-electron chi connectivity index (χ1n) is 11.0. The van der Waals surface area contributed by atoms with Crippen LogP contribution in [0.5, 0.6) is 11.5 Å². The molecule has 4 rings (SSSR count). The summed E-state index contributed by atoms with van der Waals surface area (Å²) in [6.45, 7) is 0.170. The van der Waals surface area contributed by atoms with E-state index >= 15 is 0 Å². The fourth-order valence-electron chi connectivity index (χ4n) is 4.19. The van der Waals surface area contributed by atoms with Crippen LogP contribution in [0.25, 0.3) is 10.9 Å². The van der Waals surface area contributed by atoms with Gasteiger partial charge in [0.05, 0.1) is 25.7 Å². The molecule has 1 amide bonds. The molecule has 0 saturated carbocycles. The molecule has 1 unspecified atom stereocenters. The number of ether oxygens (including phenoxy) is 2. The molecule has 1 aromatic heterocycles. The number of methoxy groups -OCH3 is 2. The molecular formula is C26H26N4O5. The molecule has 0 spiro atoms. The van der Waals surface area contributed by atoms with Crippen molar-refractivity contribution < 1.29 is 19.2 Å². The first kappa shape index (κ1) is 23.6. The van der Waals surface area contributed by atoms with Crippen LogP contribution in [-0.2, 0) is 4.79 Å². The number of hydrogen-bond acceptors (Lipinski definition) is 6. The average molecular weight is 475 g/mol. The Balaban J connectivity index is 1.59. The summed E-state index contributed by atoms with van der Waals surface area (Å²) in [5.41, 5.74) is 3.05. The highest BCUT2D eigenvalue weighted by atomic mass is 16.6. The van der Waals surface area contributed by atoms with Crippen molar-refractivity contribution in [1.82, 2.24) is 10.3 Å². The quantitative estimate of drug-likeness (QED) is 0.231. The first-order valence-corrected chi connectivity index (χ1v) is 11.0. The number of nitrogens with zero attached hydrogens (tertiary/aromatic N) is 1. The Morgan fingerprint density at radius 3 is 2.54 bits per heavy atom. The number of aromatic amines is 1. The van der Waals surface area contributed by atoms with Crippen LogP contribution in [0.15, 0.2) is 72.9 Å². The van der Waals surface area contributed by atoms with Crippen molar-refractivity contribution in [2.75, 3.05) is 32.6 Å². The molecular weight excluding hydrogens is 448 g/mol. The van der Waals surface area contributed by atoms with E-state index < -0.39 is 4.92 Å². The Bertz CT molecular complexity index is 1350. The Hall–Kier alpha value is -4.53. The van der Waals surface area contributed by atoms with Crippen molar-refractivity contribution in [2.45, 2.75) is 5.92 Å². The van der Waals surface area contributed by atoms with Gasteiger partial charge in [-0.05, 0) is 23.8 Å². The van der Waals surface area contributed by atoms with Crippen LogP contribution in [-0.4, -0.2) is 43.1 Å². The highest BCUT2D eigenvalue weighted by Crippen LogP contribution is 2.40. The maximum Gasteiger partial charge on any atom is 0.292 e. The van der Waals surface area contributed by atoms with Crippen molar-refractivity contribution in [3.63, 3.8) is 0 Å². The fourth-order valence-corrected chi connectivity index (χ4v) is 4.19. The van der Waals surface area contributed by atoms with E-state index in [4.69, 9.17) is 9.47 Å². The molecule has 35 heavy (non-hydrogen) atoms. The highest BCUT2D eigenvalue weighted by molar-refractivity contribution is 5.85. The number of nitro benzene ring substituents is 1. The van der Waals surface area contributed by atoms with Crippen LogP contribution >= 0.6 is 0 Å². The van der Waals surface area contributed by atoms with E-state index in [-0.39, 0.29) is 36.3 Å². The molecule has 3 aromatic carbocycles. The lowest BCUT2D eigenvalue weighted by Gasteiger charge is -2.22. The van der Waals surface area contributed by atoms with Gasteiger partial charge in [0.1, 0.15) is 5.69 Å². The molecule has 0 saturated heterocycles. The number of carbonyl (C=O) groups excluding carboxylic acids is 1. The summed E-state index contributed by atoms with van der Waals surface area (Å²) in [6.07, 6.45) is 1.94. The SMILES string of the molecule is COc1cccc(C(CNC(=O)CNc2ccccc2[N+](=O)[O-])c2c[nH]c3ccccc23)c1OC. The van der Waals surface area contributed by atoms with Crippen LogP contribution in [0.2, 0.25) is 0 Å². The molecule has 0 radical (unpaired) electrons. The Labute approximate surface area is 202 Å². The first-order chi connectivity index (χ1) is 17.0. The summed E-state index contributed by atoms with van der Waals surface area (Å²) >= 11 is 0. The minimum atomic E-state index is -0.484. The van der Waals surface area contributed by atoms with E-state index in [2.05, 4.69) is 15.6 Å². The van der Waals surface area contributed by atoms with Gasteiger partial charge in [0.25, 0.3) is 5.69 Å². The Kier molecular flexibility index (Phi) is 7.15. The summed E-state index contributed by atoms with van der Waals surface area (Å²) in [5.74, 6) is 0.651. The number of amides is 1. The number of aromatic nitrogens is 1. The molecule has 0 aliphatic carbocycles. The minimum Gasteiger partial charge on any atom is -0.493 e. The lowest BCUT2D eigenvalue weighted by atomic mass is 9.90. The number of para-hydroxylation sites is 4. The molecule has 9 nitrogen and oxygen atoms in total. The molecule has 0 bridgehead atoms. The van der Waals surface area contributed by atoms with Gasteiger partial charge in [0.15, 0.2) is 11.5 Å². The van der Waals surface area contributed by atoms with Crippen LogP contribution in [0, 0.1) is 10.1 Å². The Morgan fingerprint density at radius 1 is 1.00 bits per heavy atom. The van der Waals surface area contributed by atoms with Gasteiger partial charge in [0.2, 0.25) is 5.91 Å². The molecule has 3 N–H and O–H groups in total. The summed E-state index contributed by atoms with van der Waals surface area (Å²) in [4.78, 5) is 26.8. The molecule has 4 aromatic rings. The van der Waals surface area contributed by atoms with Crippen molar-refractivity contribution in [3.05, 3.63) is 94.2 Å². The third-order valence-corrected chi connectivity index (χ3v) is 5.85. The summed E-state index contributed by atoms with van der Waals surface area (Å²) < 4.78 is 11.2. The normalized spacial score (nSPS) is 11.6. The third-order valence-electron chi connectivity index (χ3n) is 5.85. The number of rotatable bonds is 10. The number of H-pyrrole nitrogens is 1. The van der Waals surface area contributed by atoms with Gasteiger partial charge in [-0.1, -0.05) is 42.5 Å². The zero-order chi connectivity index (χ0) is 24.8. The standard InChI is InChI=1S/C26H26N4O5/c1-34-24-13-7-9-18(26(24)35-2)20(19-14-27-21-10-4-3-8-17(19)21)15-29-25(31)16-28-22-11-5-6-12-23(22)30(32)33/h3-14,20,27-28H,15-16H2,1-2H3,(H,29,31). The van der Waals surface area contributed by atoms with Crippen LogP contribution in [0.1, 0.15) is 17.0 Å². The van der Waals surface area contributed by atoms with E-state index in [1.165, 1.54) is 6.07 Å². The van der Waals surface area contributed by atoms with Crippen molar-refractivity contribution in [1.29, 1.82) is 0 Å². The number of nitrogens with one attached hydrogen (secondary N) is 3. The molecule has 1 heterocycles. The highest BCUT2D eigenvalue weighted by Gasteiger charge is 2.24. The van der Waals surface area contributed by atoms with Crippen LogP contribution in [0.3, 0.4) is 0 Å². The number of benzene rings is 3. The number of hydrogen-bond donors (Lipinski definition) is 3. The molecule has 9 heteroatoms. The number of anilines is 1. The van der Waals surface area contributed by atoms with Gasteiger partial charge in [-0.2, -0.15) is 0 Å². The average Bonchev–Trinajstić information content (AvgIpc) is 3.31. The Morgan fingerprint density at radius 2 is 1.77 bits per heavy atom.